The predicted octanol–water partition coefficient (Wildman–Crippen LogP) is 9.89. The van der Waals surface area contributed by atoms with Crippen molar-refractivity contribution >= 4 is 70.2 Å². The highest BCUT2D eigenvalue weighted by atomic mass is 32.2. The van der Waals surface area contributed by atoms with E-state index in [0.29, 0.717) is 85.3 Å². The fourth-order valence-electron chi connectivity index (χ4n) is 11.8. The second-order valence-corrected chi connectivity index (χ2v) is 27.1. The second kappa shape index (κ2) is 37.3. The number of ether oxygens (including phenoxy) is 1. The van der Waals surface area contributed by atoms with Gasteiger partial charge in [0.15, 0.2) is 12.0 Å². The van der Waals surface area contributed by atoms with Gasteiger partial charge in [-0.05, 0) is 120 Å². The van der Waals surface area contributed by atoms with Crippen molar-refractivity contribution in [3.05, 3.63) is 52.0 Å². The Labute approximate surface area is 525 Å². The van der Waals surface area contributed by atoms with Gasteiger partial charge < -0.3 is 52.6 Å². The fourth-order valence-corrected chi connectivity index (χ4v) is 14.0. The maximum atomic E-state index is 14.4. The monoisotopic (exact) mass is 1250 g/mol. The largest absolute Gasteiger partial charge is 0.494 e. The van der Waals surface area contributed by atoms with Gasteiger partial charge in [-0.15, -0.1) is 23.1 Å². The molecule has 1 saturated heterocycles. The number of nitrogens with one attached hydrogen (secondary N) is 4. The summed E-state index contributed by atoms with van der Waals surface area (Å²) in [7, 11) is 3.64. The Balaban J connectivity index is 1.17. The number of thiazole rings is 1. The number of unbranched alkanes of at least 4 members (excludes halogenated alkanes) is 3. The molecule has 0 bridgehead atoms. The van der Waals surface area contributed by atoms with E-state index in [9.17, 15) is 43.8 Å². The number of thioether (sulfide) groups is 1. The number of carbonyl (C=O) groups is 7. The molecule has 8 unspecified atom stereocenters. The molecule has 10 N–H and O–H groups in total. The quantitative estimate of drug-likeness (QED) is 0.0208. The lowest BCUT2D eigenvalue weighted by molar-refractivity contribution is -0.149. The van der Waals surface area contributed by atoms with Gasteiger partial charge >= 0.3 is 5.97 Å². The number of rotatable bonds is 33. The number of anilines is 1. The first-order valence-electron chi connectivity index (χ1n) is 32.3. The number of primary amides is 1. The molecular weight excluding hydrogens is 1140 g/mol. The Morgan fingerprint density at radius 1 is 0.851 bits per heavy atom. The molecule has 486 valence electrons. The Hall–Kier alpha value is -5.71. The molecular formula is C65H104N10O10S2. The summed E-state index contributed by atoms with van der Waals surface area (Å²) in [6, 6.07) is 5.85. The summed E-state index contributed by atoms with van der Waals surface area (Å²) >= 11 is 2.83. The number of aromatic nitrogens is 2. The number of aromatic hydroxyl groups is 2. The third-order valence-corrected chi connectivity index (χ3v) is 19.7. The lowest BCUT2D eigenvalue weighted by atomic mass is 9.92. The zero-order valence-corrected chi connectivity index (χ0v) is 54.9. The van der Waals surface area contributed by atoms with E-state index in [4.69, 9.17) is 16.2 Å². The first-order chi connectivity index (χ1) is 41.6. The number of amides is 6. The van der Waals surface area contributed by atoms with E-state index in [0.717, 1.165) is 55.5 Å². The van der Waals surface area contributed by atoms with Crippen molar-refractivity contribution in [3.63, 3.8) is 0 Å². The second-order valence-electron chi connectivity index (χ2n) is 24.8. The van der Waals surface area contributed by atoms with E-state index in [1.807, 2.05) is 51.8 Å². The predicted molar refractivity (Wildman–Crippen MR) is 344 cm³/mol. The number of hydrogen-bond donors (Lipinski definition) is 8. The average molecular weight is 1250 g/mol. The van der Waals surface area contributed by atoms with Crippen molar-refractivity contribution in [2.75, 3.05) is 32.5 Å². The zero-order valence-electron chi connectivity index (χ0n) is 53.2. The molecule has 2 aromatic heterocycles. The van der Waals surface area contributed by atoms with Gasteiger partial charge in [-0.1, -0.05) is 117 Å². The van der Waals surface area contributed by atoms with E-state index in [2.05, 4.69) is 26.3 Å². The van der Waals surface area contributed by atoms with Gasteiger partial charge in [-0.3, -0.25) is 43.0 Å². The van der Waals surface area contributed by atoms with Gasteiger partial charge in [0.2, 0.25) is 35.4 Å². The van der Waals surface area contributed by atoms with Gasteiger partial charge in [-0.2, -0.15) is 0 Å². The summed E-state index contributed by atoms with van der Waals surface area (Å²) in [5.41, 5.74) is 12.9. The molecule has 8 atom stereocenters. The summed E-state index contributed by atoms with van der Waals surface area (Å²) in [4.78, 5) is 103. The van der Waals surface area contributed by atoms with Crippen LogP contribution >= 0.6 is 23.1 Å². The highest BCUT2D eigenvalue weighted by Crippen LogP contribution is 2.41. The van der Waals surface area contributed by atoms with E-state index in [1.54, 1.807) is 58.8 Å². The van der Waals surface area contributed by atoms with Gasteiger partial charge in [0.05, 0.1) is 10.9 Å². The molecule has 87 heavy (non-hydrogen) atoms. The standard InChI is InChI=1S/C65H104N10O10S2/c1-9-43(4)58(72-62(82)52-28-21-24-35-73(52)7)65(84)74(8)53(42(2)3)39-54(85-45(6)76)63-71-51(41-86-63)61(81)69-48(37-44(5)59(67)79)38-46-30-32-47(33-31-46)68-60(80)50(27-20-22-34-66)70-56(77)29-19-16-23-36-75-57(78)40-55(64(75)83)87-49-25-17-14-12-10-11-13-15-18-26-49/h30-33,40-44,48-50,52-54,58,78,83H,9-29,34-39,66H2,1-8H3,(H2,67,79)(H,68,80)(H,69,81)(H,70,77)(H,72,82). The smallest absolute Gasteiger partial charge is 0.303 e. The van der Waals surface area contributed by atoms with E-state index >= 15 is 0 Å². The highest BCUT2D eigenvalue weighted by molar-refractivity contribution is 8.00. The van der Waals surface area contributed by atoms with Crippen molar-refractivity contribution in [1.29, 1.82) is 0 Å². The zero-order chi connectivity index (χ0) is 63.6. The average Bonchev–Trinajstić information content (AvgIpc) is 3.04. The van der Waals surface area contributed by atoms with Crippen molar-refractivity contribution in [2.45, 2.75) is 249 Å². The number of esters is 1. The number of likely N-dealkylation sites (tertiary alicyclic amines) is 1. The van der Waals surface area contributed by atoms with Crippen LogP contribution in [0.2, 0.25) is 0 Å². The Bertz CT molecular complexity index is 2640. The number of hydrogen-bond acceptors (Lipinski definition) is 15. The van der Waals surface area contributed by atoms with Crippen molar-refractivity contribution in [2.24, 2.45) is 29.2 Å². The fraction of sp³-hybridized carbons (Fsp3) is 0.692. The maximum absolute atomic E-state index is 14.4. The first-order valence-corrected chi connectivity index (χ1v) is 34.0. The van der Waals surface area contributed by atoms with Crippen LogP contribution in [0.5, 0.6) is 11.8 Å². The number of nitrogens with zero attached hydrogens (tertiary/aromatic N) is 4. The Morgan fingerprint density at radius 3 is 2.14 bits per heavy atom. The van der Waals surface area contributed by atoms with Gasteiger partial charge in [0.25, 0.3) is 5.91 Å². The number of likely N-dealkylation sites (N-methyl/N-ethyl adjacent to an activating group) is 2. The summed E-state index contributed by atoms with van der Waals surface area (Å²) < 4.78 is 7.41. The molecule has 1 aliphatic carbocycles. The van der Waals surface area contributed by atoms with Crippen molar-refractivity contribution in [3.8, 4) is 11.8 Å². The van der Waals surface area contributed by atoms with E-state index in [-0.39, 0.29) is 78.2 Å². The molecule has 2 aliphatic rings. The molecule has 1 saturated carbocycles. The highest BCUT2D eigenvalue weighted by Gasteiger charge is 2.38. The molecule has 6 amide bonds. The molecule has 3 aromatic rings. The Morgan fingerprint density at radius 2 is 1.52 bits per heavy atom. The van der Waals surface area contributed by atoms with E-state index in [1.165, 1.54) is 58.3 Å². The number of nitrogens with two attached hydrogens (primary N) is 2. The summed E-state index contributed by atoms with van der Waals surface area (Å²) in [5, 5.41) is 36.2. The number of piperidine rings is 1. The molecule has 2 fully saturated rings. The Kier molecular flexibility index (Phi) is 30.9. The van der Waals surface area contributed by atoms with Gasteiger partial charge in [-0.25, -0.2) is 4.98 Å². The molecule has 1 aliphatic heterocycles. The lowest BCUT2D eigenvalue weighted by Crippen LogP contribution is -2.58. The summed E-state index contributed by atoms with van der Waals surface area (Å²) in [6.07, 6.45) is 19.1. The number of carbonyl (C=O) groups excluding carboxylic acids is 7. The molecule has 0 spiro atoms. The van der Waals surface area contributed by atoms with Crippen LogP contribution in [0, 0.1) is 17.8 Å². The third kappa shape index (κ3) is 23.6. The third-order valence-electron chi connectivity index (χ3n) is 17.4. The molecule has 3 heterocycles. The lowest BCUT2D eigenvalue weighted by Gasteiger charge is -2.38. The van der Waals surface area contributed by atoms with E-state index < -0.39 is 54.0 Å². The maximum Gasteiger partial charge on any atom is 0.303 e. The van der Waals surface area contributed by atoms with Crippen LogP contribution in [0.3, 0.4) is 0 Å². The minimum absolute atomic E-state index is 0.0387. The molecule has 22 heteroatoms. The van der Waals surface area contributed by atoms with Gasteiger partial charge in [0, 0.05) is 73.7 Å². The van der Waals surface area contributed by atoms with Crippen LogP contribution in [0.4, 0.5) is 5.69 Å². The van der Waals surface area contributed by atoms with Crippen molar-refractivity contribution in [1.82, 2.24) is 35.3 Å². The first kappa shape index (κ1) is 72.0. The summed E-state index contributed by atoms with van der Waals surface area (Å²) in [6.45, 7) is 12.5. The minimum atomic E-state index is -0.907. The van der Waals surface area contributed by atoms with Crippen LogP contribution in [0.1, 0.15) is 216 Å². The van der Waals surface area contributed by atoms with Crippen LogP contribution in [-0.4, -0.2) is 134 Å². The minimum Gasteiger partial charge on any atom is -0.494 e. The van der Waals surface area contributed by atoms with Crippen LogP contribution in [-0.2, 0) is 46.5 Å². The molecule has 5 rings (SSSR count). The normalized spacial score (nSPS) is 18.0. The molecule has 0 radical (unpaired) electrons. The number of benzene rings is 1. The topological polar surface area (TPSA) is 294 Å². The SMILES string of the molecule is CCC(C)C(NC(=O)C1CCCCN1C)C(=O)N(C)C(CC(OC(C)=O)c1nc(C(=O)NC(Cc2ccc(NC(=O)C(CCCCN)NC(=O)CCCCCn3c(O)cc(SC4CCCCCCCCCC4)c3O)cc2)CC(C)C(N)=O)cs1)C(C)C. The van der Waals surface area contributed by atoms with Crippen molar-refractivity contribution < 1.29 is 48.5 Å². The van der Waals surface area contributed by atoms with Crippen LogP contribution < -0.4 is 32.7 Å². The summed E-state index contributed by atoms with van der Waals surface area (Å²) in [5.74, 6) is -3.36. The molecule has 20 nitrogen and oxygen atoms in total. The van der Waals surface area contributed by atoms with Gasteiger partial charge in [0.1, 0.15) is 22.8 Å². The van der Waals surface area contributed by atoms with Crippen LogP contribution in [0.25, 0.3) is 0 Å². The van der Waals surface area contributed by atoms with Crippen LogP contribution in [0.15, 0.2) is 40.6 Å². The molecule has 1 aromatic carbocycles.